The largest absolute Gasteiger partial charge is 0.465 e. The molecule has 0 radical (unpaired) electrons. The molecule has 0 amide bonds. The number of Topliss-reactive ketones (excluding diaryl/α,β-unsaturated/α-hetero) is 1. The lowest BCUT2D eigenvalue weighted by Crippen LogP contribution is -2.44. The Morgan fingerprint density at radius 3 is 1.62 bits per heavy atom. The summed E-state index contributed by atoms with van der Waals surface area (Å²) in [5, 5.41) is 0. The minimum atomic E-state index is -3.67. The standard InChI is InChI=1S/C17H22O5.C2H6.CH4O3S/c1-5-21-15(19)13(16(20)22-6-2)14(18)17(3,4)12-10-8-7-9-11-12;1-2;1-5(2,3)4/h7-11,13H,5-6H2,1-4H3;1-2H3;1H3,(H,2,3,4). The summed E-state index contributed by atoms with van der Waals surface area (Å²) in [5.74, 6) is -3.82. The van der Waals surface area contributed by atoms with Crippen LogP contribution in [-0.4, -0.2) is 50.2 Å². The van der Waals surface area contributed by atoms with Crippen LogP contribution in [0.4, 0.5) is 0 Å². The molecule has 0 aliphatic rings. The zero-order valence-corrected chi connectivity index (χ0v) is 18.9. The third-order valence-corrected chi connectivity index (χ3v) is 3.42. The lowest BCUT2D eigenvalue weighted by atomic mass is 9.75. The quantitative estimate of drug-likeness (QED) is 0.396. The molecule has 1 aromatic rings. The van der Waals surface area contributed by atoms with Crippen LogP contribution in [0.5, 0.6) is 0 Å². The number of rotatable bonds is 7. The number of benzene rings is 1. The Bertz CT molecular complexity index is 713. The molecule has 0 unspecified atom stereocenters. The van der Waals surface area contributed by atoms with Gasteiger partial charge in [-0.1, -0.05) is 44.2 Å². The minimum Gasteiger partial charge on any atom is -0.465 e. The van der Waals surface area contributed by atoms with E-state index in [9.17, 15) is 22.8 Å². The van der Waals surface area contributed by atoms with Gasteiger partial charge in [0.25, 0.3) is 10.1 Å². The molecule has 0 heterocycles. The lowest BCUT2D eigenvalue weighted by molar-refractivity contribution is -0.165. The van der Waals surface area contributed by atoms with Gasteiger partial charge >= 0.3 is 11.9 Å². The Balaban J connectivity index is 0. The van der Waals surface area contributed by atoms with Crippen molar-refractivity contribution in [3.05, 3.63) is 35.9 Å². The van der Waals surface area contributed by atoms with E-state index in [2.05, 4.69) is 0 Å². The maximum atomic E-state index is 12.8. The van der Waals surface area contributed by atoms with E-state index in [1.807, 2.05) is 19.9 Å². The smallest absolute Gasteiger partial charge is 0.328 e. The summed E-state index contributed by atoms with van der Waals surface area (Å²) in [6.45, 7) is 10.8. The van der Waals surface area contributed by atoms with Gasteiger partial charge in [-0.05, 0) is 33.3 Å². The van der Waals surface area contributed by atoms with Crippen molar-refractivity contribution in [3.63, 3.8) is 0 Å². The second-order valence-corrected chi connectivity index (χ2v) is 7.49. The third kappa shape index (κ3) is 11.4. The molecule has 29 heavy (non-hydrogen) atoms. The Hall–Kier alpha value is -2.26. The van der Waals surface area contributed by atoms with Crippen molar-refractivity contribution < 1.29 is 36.8 Å². The first kappa shape index (κ1) is 28.9. The summed E-state index contributed by atoms with van der Waals surface area (Å²) in [4.78, 5) is 36.9. The van der Waals surface area contributed by atoms with Crippen LogP contribution in [0.15, 0.2) is 30.3 Å². The normalized spacial score (nSPS) is 10.7. The molecule has 1 rings (SSSR count). The van der Waals surface area contributed by atoms with Gasteiger partial charge in [0, 0.05) is 5.41 Å². The molecular formula is C20H32O8S. The van der Waals surface area contributed by atoms with Crippen LogP contribution in [0, 0.1) is 5.92 Å². The average molecular weight is 433 g/mol. The first-order chi connectivity index (χ1) is 13.4. The number of hydrogen-bond acceptors (Lipinski definition) is 7. The van der Waals surface area contributed by atoms with Gasteiger partial charge in [0.2, 0.25) is 5.92 Å². The highest BCUT2D eigenvalue weighted by Gasteiger charge is 2.44. The van der Waals surface area contributed by atoms with E-state index in [4.69, 9.17) is 14.0 Å². The Kier molecular flexibility index (Phi) is 13.8. The first-order valence-electron chi connectivity index (χ1n) is 9.21. The van der Waals surface area contributed by atoms with Gasteiger partial charge in [-0.2, -0.15) is 8.42 Å². The number of ketones is 1. The fourth-order valence-corrected chi connectivity index (χ4v) is 2.12. The summed E-state index contributed by atoms with van der Waals surface area (Å²) in [7, 11) is -3.67. The van der Waals surface area contributed by atoms with Crippen LogP contribution in [0.3, 0.4) is 0 Å². The number of hydrogen-bond donors (Lipinski definition) is 1. The molecule has 9 heteroatoms. The van der Waals surface area contributed by atoms with Crippen LogP contribution < -0.4 is 0 Å². The van der Waals surface area contributed by atoms with E-state index in [0.717, 1.165) is 5.56 Å². The van der Waals surface area contributed by atoms with Gasteiger partial charge in [0.1, 0.15) is 0 Å². The fourth-order valence-electron chi connectivity index (χ4n) is 2.12. The fraction of sp³-hybridized carbons (Fsp3) is 0.550. The lowest BCUT2D eigenvalue weighted by Gasteiger charge is -2.27. The Morgan fingerprint density at radius 1 is 0.966 bits per heavy atom. The molecule has 0 aromatic heterocycles. The van der Waals surface area contributed by atoms with Gasteiger partial charge in [-0.25, -0.2) is 0 Å². The molecule has 0 aliphatic carbocycles. The summed E-state index contributed by atoms with van der Waals surface area (Å²) < 4.78 is 35.6. The molecule has 0 saturated carbocycles. The predicted molar refractivity (Wildman–Crippen MR) is 110 cm³/mol. The second-order valence-electron chi connectivity index (χ2n) is 6.03. The van der Waals surface area contributed by atoms with E-state index in [1.165, 1.54) is 0 Å². The van der Waals surface area contributed by atoms with Crippen LogP contribution >= 0.6 is 0 Å². The van der Waals surface area contributed by atoms with E-state index in [-0.39, 0.29) is 13.2 Å². The van der Waals surface area contributed by atoms with Crippen molar-refractivity contribution in [1.82, 2.24) is 0 Å². The summed E-state index contributed by atoms with van der Waals surface area (Å²) in [5.41, 5.74) is -0.288. The highest BCUT2D eigenvalue weighted by Crippen LogP contribution is 2.28. The van der Waals surface area contributed by atoms with Crippen molar-refractivity contribution >= 4 is 27.8 Å². The SMILES string of the molecule is CC.CCOC(=O)C(C(=O)OCC)C(=O)C(C)(C)c1ccccc1.CS(=O)(=O)O. The van der Waals surface area contributed by atoms with Crippen LogP contribution in [0.2, 0.25) is 0 Å². The number of ether oxygens (including phenoxy) is 2. The molecule has 1 aromatic carbocycles. The van der Waals surface area contributed by atoms with Crippen molar-refractivity contribution in [2.24, 2.45) is 5.92 Å². The van der Waals surface area contributed by atoms with Crippen molar-refractivity contribution in [2.45, 2.75) is 47.0 Å². The van der Waals surface area contributed by atoms with Crippen LogP contribution in [-0.2, 0) is 39.4 Å². The van der Waals surface area contributed by atoms with Crippen molar-refractivity contribution in [2.75, 3.05) is 19.5 Å². The molecular weight excluding hydrogens is 400 g/mol. The average Bonchev–Trinajstić information content (AvgIpc) is 2.63. The number of esters is 2. The first-order valence-corrected chi connectivity index (χ1v) is 11.1. The Morgan fingerprint density at radius 2 is 1.31 bits per heavy atom. The van der Waals surface area contributed by atoms with E-state index in [1.54, 1.807) is 52.0 Å². The third-order valence-electron chi connectivity index (χ3n) is 3.42. The van der Waals surface area contributed by atoms with Gasteiger partial charge < -0.3 is 9.47 Å². The van der Waals surface area contributed by atoms with Gasteiger partial charge in [0.05, 0.1) is 19.5 Å². The van der Waals surface area contributed by atoms with Crippen LogP contribution in [0.1, 0.15) is 47.1 Å². The zero-order chi connectivity index (χ0) is 23.3. The van der Waals surface area contributed by atoms with E-state index < -0.39 is 39.2 Å². The van der Waals surface area contributed by atoms with Crippen LogP contribution in [0.25, 0.3) is 0 Å². The van der Waals surface area contributed by atoms with Gasteiger partial charge in [-0.3, -0.25) is 18.9 Å². The summed E-state index contributed by atoms with van der Waals surface area (Å²) in [6, 6.07) is 9.00. The van der Waals surface area contributed by atoms with Crippen molar-refractivity contribution in [1.29, 1.82) is 0 Å². The second kappa shape index (κ2) is 13.8. The van der Waals surface area contributed by atoms with Crippen molar-refractivity contribution in [3.8, 4) is 0 Å². The highest BCUT2D eigenvalue weighted by molar-refractivity contribution is 7.85. The molecule has 0 bridgehead atoms. The molecule has 1 N–H and O–H groups in total. The zero-order valence-electron chi connectivity index (χ0n) is 18.1. The highest BCUT2D eigenvalue weighted by atomic mass is 32.2. The molecule has 0 atom stereocenters. The molecule has 0 aliphatic heterocycles. The van der Waals surface area contributed by atoms with E-state index >= 15 is 0 Å². The maximum Gasteiger partial charge on any atom is 0.328 e. The minimum absolute atomic E-state index is 0.0911. The number of carbonyl (C=O) groups excluding carboxylic acids is 3. The predicted octanol–water partition coefficient (Wildman–Crippen LogP) is 2.81. The summed E-state index contributed by atoms with van der Waals surface area (Å²) >= 11 is 0. The summed E-state index contributed by atoms with van der Waals surface area (Å²) in [6.07, 6.45) is 0.715. The van der Waals surface area contributed by atoms with Gasteiger partial charge in [0.15, 0.2) is 5.78 Å². The monoisotopic (exact) mass is 432 g/mol. The molecule has 8 nitrogen and oxygen atoms in total. The Labute approximate surface area is 173 Å². The molecule has 0 spiro atoms. The molecule has 0 fully saturated rings. The molecule has 0 saturated heterocycles. The van der Waals surface area contributed by atoms with E-state index in [0.29, 0.717) is 6.26 Å². The van der Waals surface area contributed by atoms with Gasteiger partial charge in [-0.15, -0.1) is 0 Å². The maximum absolute atomic E-state index is 12.8. The number of carbonyl (C=O) groups is 3. The molecule has 166 valence electrons. The topological polar surface area (TPSA) is 124 Å².